The second kappa shape index (κ2) is 3.13. The van der Waals surface area contributed by atoms with Gasteiger partial charge in [-0.1, -0.05) is 11.6 Å². The van der Waals surface area contributed by atoms with Gasteiger partial charge in [0.15, 0.2) is 0 Å². The summed E-state index contributed by atoms with van der Waals surface area (Å²) in [4.78, 5) is 4.25. The zero-order chi connectivity index (χ0) is 9.54. The Hall–Kier alpha value is -0.760. The first-order chi connectivity index (χ1) is 6.83. The molecular formula is C11H13ClN2. The van der Waals surface area contributed by atoms with Crippen molar-refractivity contribution in [3.63, 3.8) is 0 Å². The van der Waals surface area contributed by atoms with Gasteiger partial charge in [0, 0.05) is 12.2 Å². The number of hydrogen-bond donors (Lipinski definition) is 1. The molecule has 0 aliphatic heterocycles. The van der Waals surface area contributed by atoms with Crippen molar-refractivity contribution in [3.05, 3.63) is 23.4 Å². The van der Waals surface area contributed by atoms with Crippen LogP contribution >= 0.6 is 11.6 Å². The normalized spacial score (nSPS) is 33.9. The van der Waals surface area contributed by atoms with E-state index in [1.807, 2.05) is 12.1 Å². The van der Waals surface area contributed by atoms with Gasteiger partial charge in [-0.2, -0.15) is 0 Å². The maximum atomic E-state index is 5.77. The number of nitrogens with one attached hydrogen (secondary N) is 1. The lowest BCUT2D eigenvalue weighted by Crippen LogP contribution is -2.19. The van der Waals surface area contributed by atoms with Gasteiger partial charge in [0.2, 0.25) is 0 Å². The average molecular weight is 209 g/mol. The molecule has 14 heavy (non-hydrogen) atoms. The predicted octanol–water partition coefficient (Wildman–Crippen LogP) is 2.95. The number of aromatic nitrogens is 1. The molecule has 3 unspecified atom stereocenters. The van der Waals surface area contributed by atoms with Crippen molar-refractivity contribution in [1.29, 1.82) is 0 Å². The molecule has 2 nitrogen and oxygen atoms in total. The molecule has 74 valence electrons. The molecule has 3 heteroatoms. The Kier molecular flexibility index (Phi) is 1.91. The van der Waals surface area contributed by atoms with E-state index in [4.69, 9.17) is 11.6 Å². The first-order valence-electron chi connectivity index (χ1n) is 5.21. The highest BCUT2D eigenvalue weighted by atomic mass is 35.5. The Morgan fingerprint density at radius 1 is 1.36 bits per heavy atom. The number of hydrogen-bond acceptors (Lipinski definition) is 2. The number of anilines is 1. The van der Waals surface area contributed by atoms with Crippen LogP contribution in [-0.4, -0.2) is 11.0 Å². The van der Waals surface area contributed by atoms with Gasteiger partial charge in [-0.25, -0.2) is 4.98 Å². The van der Waals surface area contributed by atoms with Crippen LogP contribution in [0.25, 0.3) is 0 Å². The first-order valence-corrected chi connectivity index (χ1v) is 5.59. The maximum Gasteiger partial charge on any atom is 0.126 e. The van der Waals surface area contributed by atoms with E-state index in [0.29, 0.717) is 11.1 Å². The standard InChI is InChI=1S/C11H13ClN2/c12-8-2-4-11(13-6-8)14-10-3-1-7-5-9(7)10/h2,4,6-7,9-10H,1,3,5H2,(H,13,14). The number of nitrogens with zero attached hydrogens (tertiary/aromatic N) is 1. The molecule has 3 atom stereocenters. The molecule has 0 saturated heterocycles. The molecule has 1 N–H and O–H groups in total. The Morgan fingerprint density at radius 2 is 2.29 bits per heavy atom. The monoisotopic (exact) mass is 208 g/mol. The van der Waals surface area contributed by atoms with Gasteiger partial charge in [0.1, 0.15) is 5.82 Å². The molecule has 2 aliphatic rings. The molecule has 0 spiro atoms. The van der Waals surface area contributed by atoms with Crippen LogP contribution < -0.4 is 5.32 Å². The smallest absolute Gasteiger partial charge is 0.126 e. The minimum Gasteiger partial charge on any atom is -0.367 e. The SMILES string of the molecule is Clc1ccc(NC2CCC3CC32)nc1. The summed E-state index contributed by atoms with van der Waals surface area (Å²) in [6.07, 6.45) is 5.82. The fraction of sp³-hybridized carbons (Fsp3) is 0.545. The van der Waals surface area contributed by atoms with E-state index in [9.17, 15) is 0 Å². The topological polar surface area (TPSA) is 24.9 Å². The summed E-state index contributed by atoms with van der Waals surface area (Å²) < 4.78 is 0. The molecule has 0 bridgehead atoms. The van der Waals surface area contributed by atoms with Crippen LogP contribution in [0.5, 0.6) is 0 Å². The van der Waals surface area contributed by atoms with Crippen molar-refractivity contribution in [2.24, 2.45) is 11.8 Å². The summed E-state index contributed by atoms with van der Waals surface area (Å²) in [7, 11) is 0. The fourth-order valence-electron chi connectivity index (χ4n) is 2.53. The summed E-state index contributed by atoms with van der Waals surface area (Å²) in [5.74, 6) is 2.90. The molecule has 2 fully saturated rings. The molecule has 0 radical (unpaired) electrons. The highest BCUT2D eigenvalue weighted by molar-refractivity contribution is 6.30. The van der Waals surface area contributed by atoms with Crippen molar-refractivity contribution < 1.29 is 0 Å². The van der Waals surface area contributed by atoms with Gasteiger partial charge in [0.25, 0.3) is 0 Å². The summed E-state index contributed by atoms with van der Waals surface area (Å²) in [6, 6.07) is 4.50. The fourth-order valence-corrected chi connectivity index (χ4v) is 2.65. The molecule has 1 heterocycles. The summed E-state index contributed by atoms with van der Waals surface area (Å²) in [5, 5.41) is 4.19. The summed E-state index contributed by atoms with van der Waals surface area (Å²) in [5.41, 5.74) is 0. The first kappa shape index (κ1) is 8.54. The van der Waals surface area contributed by atoms with Crippen LogP contribution in [0.3, 0.4) is 0 Å². The van der Waals surface area contributed by atoms with Crippen LogP contribution in [0, 0.1) is 11.8 Å². The van der Waals surface area contributed by atoms with Crippen molar-refractivity contribution >= 4 is 17.4 Å². The van der Waals surface area contributed by atoms with Crippen LogP contribution in [0.1, 0.15) is 19.3 Å². The van der Waals surface area contributed by atoms with E-state index in [0.717, 1.165) is 17.7 Å². The lowest BCUT2D eigenvalue weighted by molar-refractivity contribution is 0.651. The minimum absolute atomic E-state index is 0.661. The second-order valence-corrected chi connectivity index (χ2v) is 4.79. The number of rotatable bonds is 2. The second-order valence-electron chi connectivity index (χ2n) is 4.35. The molecular weight excluding hydrogens is 196 g/mol. The van der Waals surface area contributed by atoms with Gasteiger partial charge >= 0.3 is 0 Å². The Morgan fingerprint density at radius 3 is 2.86 bits per heavy atom. The van der Waals surface area contributed by atoms with Gasteiger partial charge in [-0.15, -0.1) is 0 Å². The molecule has 0 aromatic carbocycles. The van der Waals surface area contributed by atoms with Crippen LogP contribution in [-0.2, 0) is 0 Å². The van der Waals surface area contributed by atoms with Crippen molar-refractivity contribution in [1.82, 2.24) is 4.98 Å². The Balaban J connectivity index is 1.69. The van der Waals surface area contributed by atoms with E-state index in [1.165, 1.54) is 19.3 Å². The molecule has 0 amide bonds. The third-order valence-electron chi connectivity index (χ3n) is 3.40. The van der Waals surface area contributed by atoms with E-state index in [-0.39, 0.29) is 0 Å². The minimum atomic E-state index is 0.661. The zero-order valence-corrected chi connectivity index (χ0v) is 8.67. The number of halogens is 1. The largest absolute Gasteiger partial charge is 0.367 e. The summed E-state index contributed by atoms with van der Waals surface area (Å²) >= 11 is 5.77. The average Bonchev–Trinajstić information content (AvgIpc) is 2.88. The van der Waals surface area contributed by atoms with E-state index < -0.39 is 0 Å². The van der Waals surface area contributed by atoms with Gasteiger partial charge in [0.05, 0.1) is 5.02 Å². The van der Waals surface area contributed by atoms with E-state index in [2.05, 4.69) is 10.3 Å². The highest BCUT2D eigenvalue weighted by Crippen LogP contribution is 2.52. The Bertz CT molecular complexity index is 336. The molecule has 3 rings (SSSR count). The number of fused-ring (bicyclic) bond motifs is 1. The molecule has 1 aromatic heterocycles. The number of pyridine rings is 1. The van der Waals surface area contributed by atoms with Gasteiger partial charge in [-0.3, -0.25) is 0 Å². The van der Waals surface area contributed by atoms with Crippen molar-refractivity contribution in [2.45, 2.75) is 25.3 Å². The third kappa shape index (κ3) is 1.48. The molecule has 2 aliphatic carbocycles. The van der Waals surface area contributed by atoms with E-state index in [1.54, 1.807) is 6.20 Å². The Labute approximate surface area is 88.7 Å². The van der Waals surface area contributed by atoms with Crippen LogP contribution in [0.4, 0.5) is 5.82 Å². The predicted molar refractivity (Wildman–Crippen MR) is 57.5 cm³/mol. The molecule has 2 saturated carbocycles. The lowest BCUT2D eigenvalue weighted by atomic mass is 10.2. The third-order valence-corrected chi connectivity index (χ3v) is 3.63. The molecule has 1 aromatic rings. The van der Waals surface area contributed by atoms with Crippen LogP contribution in [0.15, 0.2) is 18.3 Å². The van der Waals surface area contributed by atoms with Crippen molar-refractivity contribution in [2.75, 3.05) is 5.32 Å². The maximum absolute atomic E-state index is 5.77. The quantitative estimate of drug-likeness (QED) is 0.809. The van der Waals surface area contributed by atoms with Gasteiger partial charge < -0.3 is 5.32 Å². The lowest BCUT2D eigenvalue weighted by Gasteiger charge is -2.14. The van der Waals surface area contributed by atoms with E-state index >= 15 is 0 Å². The highest BCUT2D eigenvalue weighted by Gasteiger charge is 2.47. The van der Waals surface area contributed by atoms with Crippen molar-refractivity contribution in [3.8, 4) is 0 Å². The van der Waals surface area contributed by atoms with Crippen LogP contribution in [0.2, 0.25) is 5.02 Å². The van der Waals surface area contributed by atoms with Gasteiger partial charge in [-0.05, 0) is 43.2 Å². The zero-order valence-electron chi connectivity index (χ0n) is 7.91. The summed E-state index contributed by atoms with van der Waals surface area (Å²) in [6.45, 7) is 0.